The third-order valence-corrected chi connectivity index (χ3v) is 2.30. The zero-order valence-corrected chi connectivity index (χ0v) is 8.83. The standard InChI is InChI=1S/C10H17FO4/c1-2-3-4-5-6-7-10(11,8(12)13)9(14)15/h2-7H2,1H3,(H,12,13)(H,14,15). The van der Waals surface area contributed by atoms with Crippen LogP contribution in [-0.2, 0) is 9.59 Å². The third kappa shape index (κ3) is 4.27. The summed E-state index contributed by atoms with van der Waals surface area (Å²) in [6, 6.07) is 0. The highest BCUT2D eigenvalue weighted by Gasteiger charge is 2.46. The van der Waals surface area contributed by atoms with E-state index in [9.17, 15) is 14.0 Å². The van der Waals surface area contributed by atoms with E-state index in [-0.39, 0.29) is 6.42 Å². The maximum Gasteiger partial charge on any atom is 0.353 e. The second-order valence-electron chi connectivity index (χ2n) is 3.58. The molecule has 0 amide bonds. The number of rotatable bonds is 8. The van der Waals surface area contributed by atoms with Crippen LogP contribution in [0.25, 0.3) is 0 Å². The Kier molecular flexibility index (Phi) is 5.89. The van der Waals surface area contributed by atoms with Gasteiger partial charge < -0.3 is 10.2 Å². The first kappa shape index (κ1) is 13.9. The van der Waals surface area contributed by atoms with Gasteiger partial charge in [0.05, 0.1) is 0 Å². The fourth-order valence-electron chi connectivity index (χ4n) is 1.28. The van der Waals surface area contributed by atoms with Crippen molar-refractivity contribution in [2.45, 2.75) is 51.1 Å². The van der Waals surface area contributed by atoms with Crippen LogP contribution in [-0.4, -0.2) is 27.8 Å². The quantitative estimate of drug-likeness (QED) is 0.486. The van der Waals surface area contributed by atoms with Crippen LogP contribution >= 0.6 is 0 Å². The molecule has 0 spiro atoms. The molecule has 0 aliphatic carbocycles. The van der Waals surface area contributed by atoms with Gasteiger partial charge in [0, 0.05) is 6.42 Å². The number of aliphatic carboxylic acids is 2. The molecule has 0 bridgehead atoms. The van der Waals surface area contributed by atoms with E-state index in [1.807, 2.05) is 6.92 Å². The average molecular weight is 220 g/mol. The largest absolute Gasteiger partial charge is 0.478 e. The smallest absolute Gasteiger partial charge is 0.353 e. The first-order valence-electron chi connectivity index (χ1n) is 5.11. The number of carboxylic acids is 2. The molecular formula is C10H17FO4. The summed E-state index contributed by atoms with van der Waals surface area (Å²) < 4.78 is 13.3. The number of hydrogen-bond donors (Lipinski definition) is 2. The first-order valence-corrected chi connectivity index (χ1v) is 5.11. The Labute approximate surface area is 88.1 Å². The normalized spacial score (nSPS) is 11.3. The van der Waals surface area contributed by atoms with Crippen LogP contribution in [0.2, 0.25) is 0 Å². The van der Waals surface area contributed by atoms with Gasteiger partial charge in [0.2, 0.25) is 0 Å². The lowest BCUT2D eigenvalue weighted by atomic mass is 9.98. The Morgan fingerprint density at radius 3 is 1.93 bits per heavy atom. The maximum absolute atomic E-state index is 13.3. The van der Waals surface area contributed by atoms with E-state index >= 15 is 0 Å². The molecule has 0 aromatic carbocycles. The van der Waals surface area contributed by atoms with Crippen LogP contribution in [0.5, 0.6) is 0 Å². The van der Waals surface area contributed by atoms with Gasteiger partial charge in [-0.25, -0.2) is 14.0 Å². The van der Waals surface area contributed by atoms with Crippen molar-refractivity contribution >= 4 is 11.9 Å². The molecule has 0 aromatic heterocycles. The zero-order valence-electron chi connectivity index (χ0n) is 8.83. The molecule has 0 rings (SSSR count). The van der Waals surface area contributed by atoms with Crippen LogP contribution in [0.15, 0.2) is 0 Å². The summed E-state index contributed by atoms with van der Waals surface area (Å²) in [7, 11) is 0. The second-order valence-corrected chi connectivity index (χ2v) is 3.58. The molecule has 0 atom stereocenters. The molecule has 0 aliphatic heterocycles. The molecule has 0 heterocycles. The number of hydrogen-bond acceptors (Lipinski definition) is 2. The number of unbranched alkanes of at least 4 members (excludes halogenated alkanes) is 4. The zero-order chi connectivity index (χ0) is 11.9. The molecule has 0 radical (unpaired) electrons. The van der Waals surface area contributed by atoms with Gasteiger partial charge in [-0.1, -0.05) is 32.6 Å². The second kappa shape index (κ2) is 6.37. The monoisotopic (exact) mass is 220 g/mol. The molecule has 5 heteroatoms. The van der Waals surface area contributed by atoms with Gasteiger partial charge in [-0.2, -0.15) is 0 Å². The molecule has 15 heavy (non-hydrogen) atoms. The van der Waals surface area contributed by atoms with Gasteiger partial charge >= 0.3 is 17.6 Å². The average Bonchev–Trinajstić information content (AvgIpc) is 2.16. The molecule has 4 nitrogen and oxygen atoms in total. The van der Waals surface area contributed by atoms with Gasteiger partial charge in [0.1, 0.15) is 0 Å². The summed E-state index contributed by atoms with van der Waals surface area (Å²) in [6.07, 6.45) is 3.40. The summed E-state index contributed by atoms with van der Waals surface area (Å²) in [4.78, 5) is 20.9. The Hall–Kier alpha value is -1.13. The Balaban J connectivity index is 3.99. The molecule has 0 fully saturated rings. The van der Waals surface area contributed by atoms with Crippen LogP contribution < -0.4 is 0 Å². The van der Waals surface area contributed by atoms with Gasteiger partial charge in [-0.05, 0) is 6.42 Å². The first-order chi connectivity index (χ1) is 6.95. The van der Waals surface area contributed by atoms with Crippen molar-refractivity contribution in [1.29, 1.82) is 0 Å². The van der Waals surface area contributed by atoms with Crippen molar-refractivity contribution < 1.29 is 24.2 Å². The minimum absolute atomic E-state index is 0.287. The van der Waals surface area contributed by atoms with Crippen molar-refractivity contribution in [3.8, 4) is 0 Å². The lowest BCUT2D eigenvalue weighted by Gasteiger charge is -2.14. The minimum Gasteiger partial charge on any atom is -0.478 e. The van der Waals surface area contributed by atoms with Crippen molar-refractivity contribution in [3.63, 3.8) is 0 Å². The van der Waals surface area contributed by atoms with Crippen molar-refractivity contribution in [2.24, 2.45) is 0 Å². The SMILES string of the molecule is CCCCCCCC(F)(C(=O)O)C(=O)O. The topological polar surface area (TPSA) is 74.6 Å². The third-order valence-electron chi connectivity index (χ3n) is 2.30. The highest BCUT2D eigenvalue weighted by atomic mass is 19.1. The van der Waals surface area contributed by atoms with Crippen LogP contribution in [0.4, 0.5) is 4.39 Å². The number of carbonyl (C=O) groups is 2. The Morgan fingerprint density at radius 2 is 1.53 bits per heavy atom. The molecule has 0 aliphatic rings. The van der Waals surface area contributed by atoms with Gasteiger partial charge in [-0.3, -0.25) is 0 Å². The molecule has 2 N–H and O–H groups in total. The fraction of sp³-hybridized carbons (Fsp3) is 0.800. The van der Waals surface area contributed by atoms with Crippen molar-refractivity contribution in [1.82, 2.24) is 0 Å². The van der Waals surface area contributed by atoms with E-state index in [0.29, 0.717) is 6.42 Å². The lowest BCUT2D eigenvalue weighted by molar-refractivity contribution is -0.167. The minimum atomic E-state index is -3.12. The van der Waals surface area contributed by atoms with E-state index in [4.69, 9.17) is 10.2 Å². The Morgan fingerprint density at radius 1 is 1.07 bits per heavy atom. The van der Waals surface area contributed by atoms with Crippen molar-refractivity contribution in [2.75, 3.05) is 0 Å². The number of halogens is 1. The van der Waals surface area contributed by atoms with Crippen LogP contribution in [0.1, 0.15) is 45.4 Å². The van der Waals surface area contributed by atoms with E-state index in [1.54, 1.807) is 0 Å². The molecule has 0 saturated carbocycles. The summed E-state index contributed by atoms with van der Waals surface area (Å²) in [5.41, 5.74) is -3.12. The summed E-state index contributed by atoms with van der Waals surface area (Å²) in [5, 5.41) is 16.9. The molecular weight excluding hydrogens is 203 g/mol. The van der Waals surface area contributed by atoms with Crippen LogP contribution in [0, 0.1) is 0 Å². The molecule has 0 aromatic rings. The molecule has 0 unspecified atom stereocenters. The van der Waals surface area contributed by atoms with Crippen LogP contribution in [0.3, 0.4) is 0 Å². The highest BCUT2D eigenvalue weighted by Crippen LogP contribution is 2.21. The van der Waals surface area contributed by atoms with E-state index < -0.39 is 24.0 Å². The molecule has 88 valence electrons. The predicted molar refractivity (Wildman–Crippen MR) is 52.5 cm³/mol. The number of carboxylic acid groups (broad SMARTS) is 2. The summed E-state index contributed by atoms with van der Waals surface area (Å²) >= 11 is 0. The predicted octanol–water partition coefficient (Wildman–Crippen LogP) is 2.22. The van der Waals surface area contributed by atoms with Gasteiger partial charge in [-0.15, -0.1) is 0 Å². The summed E-state index contributed by atoms with van der Waals surface area (Å²) in [6.45, 7) is 2.02. The van der Waals surface area contributed by atoms with E-state index in [1.165, 1.54) is 0 Å². The van der Waals surface area contributed by atoms with E-state index in [2.05, 4.69) is 0 Å². The number of alkyl halides is 1. The molecule has 0 saturated heterocycles. The van der Waals surface area contributed by atoms with Gasteiger partial charge in [0.25, 0.3) is 0 Å². The lowest BCUT2D eigenvalue weighted by Crippen LogP contribution is -2.42. The summed E-state index contributed by atoms with van der Waals surface area (Å²) in [5.74, 6) is -3.82. The van der Waals surface area contributed by atoms with E-state index in [0.717, 1.165) is 19.3 Å². The van der Waals surface area contributed by atoms with Gasteiger partial charge in [0.15, 0.2) is 0 Å². The highest BCUT2D eigenvalue weighted by molar-refractivity contribution is 6.01. The van der Waals surface area contributed by atoms with Crippen molar-refractivity contribution in [3.05, 3.63) is 0 Å². The Bertz CT molecular complexity index is 213. The fourth-order valence-corrected chi connectivity index (χ4v) is 1.28. The maximum atomic E-state index is 13.3.